The van der Waals surface area contributed by atoms with E-state index < -0.39 is 0 Å². The summed E-state index contributed by atoms with van der Waals surface area (Å²) in [7, 11) is 2.17. The van der Waals surface area contributed by atoms with Crippen LogP contribution in [-0.2, 0) is 0 Å². The fraction of sp³-hybridized carbons (Fsp3) is 0.500. The first-order chi connectivity index (χ1) is 9.61. The van der Waals surface area contributed by atoms with Gasteiger partial charge in [0.1, 0.15) is 5.75 Å². The number of hydrogen-bond donors (Lipinski definition) is 2. The normalized spacial score (nSPS) is 20.3. The molecule has 1 saturated heterocycles. The van der Waals surface area contributed by atoms with Crippen LogP contribution in [0.5, 0.6) is 5.75 Å². The van der Waals surface area contributed by atoms with Gasteiger partial charge in [-0.2, -0.15) is 0 Å². The number of halogens is 1. The molecule has 110 valence electrons. The summed E-state index contributed by atoms with van der Waals surface area (Å²) in [6.07, 6.45) is 3.57. The van der Waals surface area contributed by atoms with Crippen molar-refractivity contribution in [3.8, 4) is 5.75 Å². The molecule has 1 aliphatic heterocycles. The van der Waals surface area contributed by atoms with Gasteiger partial charge in [-0.05, 0) is 67.0 Å². The summed E-state index contributed by atoms with van der Waals surface area (Å²) in [6.45, 7) is 1.88. The fourth-order valence-corrected chi connectivity index (χ4v) is 3.06. The lowest BCUT2D eigenvalue weighted by molar-refractivity contribution is 0.233. The van der Waals surface area contributed by atoms with Crippen LogP contribution in [0.1, 0.15) is 24.8 Å². The first-order valence-corrected chi connectivity index (χ1v) is 7.51. The van der Waals surface area contributed by atoms with Gasteiger partial charge in [-0.25, -0.2) is 0 Å². The van der Waals surface area contributed by atoms with E-state index >= 15 is 0 Å². The van der Waals surface area contributed by atoms with E-state index in [4.69, 9.17) is 15.7 Å². The van der Waals surface area contributed by atoms with Crippen LogP contribution < -0.4 is 10.5 Å². The molecule has 1 heterocycles. The van der Waals surface area contributed by atoms with E-state index in [0.717, 1.165) is 16.6 Å². The molecule has 0 bridgehead atoms. The minimum Gasteiger partial charge on any atom is -0.493 e. The molecule has 3 N–H and O–H groups in total. The molecule has 1 aliphatic rings. The highest BCUT2D eigenvalue weighted by molar-refractivity contribution is 9.10. The van der Waals surface area contributed by atoms with E-state index in [0.29, 0.717) is 18.2 Å². The molecular formula is C14H20BrN3O2. The smallest absolute Gasteiger partial charge is 0.171 e. The zero-order valence-electron chi connectivity index (χ0n) is 11.6. The van der Waals surface area contributed by atoms with Gasteiger partial charge in [0.25, 0.3) is 0 Å². The molecule has 0 spiro atoms. The third kappa shape index (κ3) is 3.64. The van der Waals surface area contributed by atoms with Gasteiger partial charge in [0.15, 0.2) is 5.84 Å². The number of benzene rings is 1. The van der Waals surface area contributed by atoms with Gasteiger partial charge in [-0.3, -0.25) is 0 Å². The molecule has 0 saturated carbocycles. The van der Waals surface area contributed by atoms with Crippen molar-refractivity contribution < 1.29 is 9.94 Å². The largest absolute Gasteiger partial charge is 0.493 e. The fourth-order valence-electron chi connectivity index (χ4n) is 2.50. The Kier molecular flexibility index (Phi) is 5.25. The van der Waals surface area contributed by atoms with Crippen molar-refractivity contribution in [2.45, 2.75) is 25.3 Å². The predicted molar refractivity (Wildman–Crippen MR) is 82.4 cm³/mol. The van der Waals surface area contributed by atoms with Crippen LogP contribution >= 0.6 is 15.9 Å². The second-order valence-electron chi connectivity index (χ2n) is 5.04. The van der Waals surface area contributed by atoms with Crippen LogP contribution in [0.3, 0.4) is 0 Å². The van der Waals surface area contributed by atoms with Crippen LogP contribution in [0.2, 0.25) is 0 Å². The van der Waals surface area contributed by atoms with Crippen LogP contribution in [0.4, 0.5) is 0 Å². The lowest BCUT2D eigenvalue weighted by Crippen LogP contribution is -2.26. The Bertz CT molecular complexity index is 493. The second kappa shape index (κ2) is 6.95. The van der Waals surface area contributed by atoms with Crippen LogP contribution in [-0.4, -0.2) is 42.2 Å². The maximum Gasteiger partial charge on any atom is 0.171 e. The maximum atomic E-state index is 8.68. The molecule has 5 nitrogen and oxygen atoms in total. The predicted octanol–water partition coefficient (Wildman–Crippen LogP) is 2.41. The van der Waals surface area contributed by atoms with E-state index in [-0.39, 0.29) is 5.84 Å². The average molecular weight is 342 g/mol. The number of amidine groups is 1. The number of oxime groups is 1. The summed E-state index contributed by atoms with van der Waals surface area (Å²) < 4.78 is 6.52. The Morgan fingerprint density at radius 1 is 1.60 bits per heavy atom. The van der Waals surface area contributed by atoms with Gasteiger partial charge >= 0.3 is 0 Å². The zero-order chi connectivity index (χ0) is 14.5. The molecule has 0 amide bonds. The Balaban J connectivity index is 1.89. The molecule has 0 aliphatic carbocycles. The SMILES string of the molecule is CN1CCCC1CCOc1ccc(/C(N)=N/O)c(Br)c1. The molecule has 1 atom stereocenters. The Labute approximate surface area is 127 Å². The molecule has 1 aromatic carbocycles. The first-order valence-electron chi connectivity index (χ1n) is 6.72. The molecule has 2 rings (SSSR count). The van der Waals surface area contributed by atoms with Gasteiger partial charge in [0.2, 0.25) is 0 Å². The summed E-state index contributed by atoms with van der Waals surface area (Å²) in [6, 6.07) is 6.08. The van der Waals surface area contributed by atoms with Crippen molar-refractivity contribution in [2.75, 3.05) is 20.2 Å². The summed E-state index contributed by atoms with van der Waals surface area (Å²) in [5.41, 5.74) is 6.22. The Hall–Kier alpha value is -1.27. The van der Waals surface area contributed by atoms with Gasteiger partial charge in [0, 0.05) is 16.1 Å². The number of ether oxygens (including phenoxy) is 1. The highest BCUT2D eigenvalue weighted by atomic mass is 79.9. The van der Waals surface area contributed by atoms with Crippen LogP contribution in [0.15, 0.2) is 27.8 Å². The molecule has 1 fully saturated rings. The Morgan fingerprint density at radius 3 is 3.00 bits per heavy atom. The van der Waals surface area contributed by atoms with Crippen molar-refractivity contribution in [1.29, 1.82) is 0 Å². The highest BCUT2D eigenvalue weighted by Gasteiger charge is 2.20. The second-order valence-corrected chi connectivity index (χ2v) is 5.90. The van der Waals surface area contributed by atoms with Gasteiger partial charge in [-0.15, -0.1) is 0 Å². The van der Waals surface area contributed by atoms with Crippen molar-refractivity contribution in [3.63, 3.8) is 0 Å². The topological polar surface area (TPSA) is 71.1 Å². The van der Waals surface area contributed by atoms with Crippen molar-refractivity contribution in [3.05, 3.63) is 28.2 Å². The van der Waals surface area contributed by atoms with E-state index in [2.05, 4.69) is 33.0 Å². The molecular weight excluding hydrogens is 322 g/mol. The number of rotatable bonds is 5. The van der Waals surface area contributed by atoms with E-state index in [1.807, 2.05) is 12.1 Å². The molecule has 0 aromatic heterocycles. The molecule has 0 radical (unpaired) electrons. The minimum atomic E-state index is 0.0796. The molecule has 6 heteroatoms. The number of likely N-dealkylation sites (tertiary alicyclic amines) is 1. The van der Waals surface area contributed by atoms with Crippen molar-refractivity contribution in [1.82, 2.24) is 4.90 Å². The van der Waals surface area contributed by atoms with Crippen molar-refractivity contribution >= 4 is 21.8 Å². The Morgan fingerprint density at radius 2 is 2.40 bits per heavy atom. The van der Waals surface area contributed by atoms with E-state index in [1.165, 1.54) is 19.4 Å². The van der Waals surface area contributed by atoms with E-state index in [1.54, 1.807) is 6.07 Å². The first kappa shape index (κ1) is 15.1. The summed E-state index contributed by atoms with van der Waals surface area (Å²) in [5, 5.41) is 11.7. The summed E-state index contributed by atoms with van der Waals surface area (Å²) in [4.78, 5) is 2.39. The lowest BCUT2D eigenvalue weighted by atomic mass is 10.1. The standard InChI is InChI=1S/C14H20BrN3O2/c1-18-7-2-3-10(18)6-8-20-11-4-5-12(13(15)9-11)14(16)17-19/h4-5,9-10,19H,2-3,6-8H2,1H3,(H2,16,17). The third-order valence-electron chi connectivity index (χ3n) is 3.72. The average Bonchev–Trinajstić information content (AvgIpc) is 2.84. The van der Waals surface area contributed by atoms with E-state index in [9.17, 15) is 0 Å². The monoisotopic (exact) mass is 341 g/mol. The maximum absolute atomic E-state index is 8.68. The van der Waals surface area contributed by atoms with Crippen molar-refractivity contribution in [2.24, 2.45) is 10.9 Å². The summed E-state index contributed by atoms with van der Waals surface area (Å²) >= 11 is 3.40. The number of hydrogen-bond acceptors (Lipinski definition) is 4. The van der Waals surface area contributed by atoms with Gasteiger partial charge in [0.05, 0.1) is 6.61 Å². The molecule has 1 aromatic rings. The molecule has 20 heavy (non-hydrogen) atoms. The summed E-state index contributed by atoms with van der Waals surface area (Å²) in [5.74, 6) is 0.864. The van der Waals surface area contributed by atoms with Gasteiger partial charge < -0.3 is 20.6 Å². The highest BCUT2D eigenvalue weighted by Crippen LogP contribution is 2.24. The van der Waals surface area contributed by atoms with Crippen LogP contribution in [0, 0.1) is 0 Å². The minimum absolute atomic E-state index is 0.0796. The van der Waals surface area contributed by atoms with Crippen LogP contribution in [0.25, 0.3) is 0 Å². The van der Waals surface area contributed by atoms with Gasteiger partial charge in [-0.1, -0.05) is 5.16 Å². The quantitative estimate of drug-likeness (QED) is 0.373. The molecule has 1 unspecified atom stereocenters. The third-order valence-corrected chi connectivity index (χ3v) is 4.37. The number of nitrogens with zero attached hydrogens (tertiary/aromatic N) is 2. The zero-order valence-corrected chi connectivity index (χ0v) is 13.1. The number of nitrogens with two attached hydrogens (primary N) is 1. The lowest BCUT2D eigenvalue weighted by Gasteiger charge is -2.19.